The molecule has 0 saturated heterocycles. The van der Waals surface area contributed by atoms with Crippen LogP contribution in [0.15, 0.2) is 0 Å². The van der Waals surface area contributed by atoms with E-state index in [1.54, 1.807) is 11.8 Å². The van der Waals surface area contributed by atoms with Crippen LogP contribution in [0, 0.1) is 0 Å². The predicted molar refractivity (Wildman–Crippen MR) is 44.6 cm³/mol. The Bertz CT molecular complexity index is 110. The minimum absolute atomic E-state index is 0.196. The molecule has 0 rings (SSSR count). The Kier molecular flexibility index (Phi) is 7.39. The van der Waals surface area contributed by atoms with Gasteiger partial charge in [-0.1, -0.05) is 0 Å². The van der Waals surface area contributed by atoms with E-state index in [4.69, 9.17) is 10.8 Å². The van der Waals surface area contributed by atoms with Crippen LogP contribution < -0.4 is 5.73 Å². The molecule has 3 N–H and O–H groups in total. The summed E-state index contributed by atoms with van der Waals surface area (Å²) >= 11 is 1.62. The Balaban J connectivity index is 2.85. The van der Waals surface area contributed by atoms with Gasteiger partial charge in [0.15, 0.2) is 0 Å². The van der Waals surface area contributed by atoms with Gasteiger partial charge < -0.3 is 15.6 Å². The van der Waals surface area contributed by atoms with Gasteiger partial charge in [-0.3, -0.25) is 0 Å². The lowest BCUT2D eigenvalue weighted by Gasteiger charge is -1.99. The average molecular weight is 179 g/mol. The van der Waals surface area contributed by atoms with Gasteiger partial charge in [0.05, 0.1) is 13.2 Å². The van der Waals surface area contributed by atoms with Crippen LogP contribution in [-0.2, 0) is 4.74 Å². The number of aliphatic hydroxyl groups is 1. The summed E-state index contributed by atoms with van der Waals surface area (Å²) in [5, 5.41) is 8.38. The SMILES string of the molecule is NC(=O)OCCCSCCO. The first-order valence-corrected chi connectivity index (χ1v) is 4.53. The summed E-state index contributed by atoms with van der Waals surface area (Å²) in [6.07, 6.45) is 0.0605. The summed E-state index contributed by atoms with van der Waals surface area (Å²) < 4.78 is 4.49. The van der Waals surface area contributed by atoms with Gasteiger partial charge in [-0.15, -0.1) is 0 Å². The lowest BCUT2D eigenvalue weighted by atomic mass is 10.5. The number of carbonyl (C=O) groups excluding carboxylic acids is 1. The minimum Gasteiger partial charge on any atom is -0.450 e. The smallest absolute Gasteiger partial charge is 0.404 e. The first kappa shape index (κ1) is 10.6. The van der Waals surface area contributed by atoms with Crippen molar-refractivity contribution in [1.29, 1.82) is 0 Å². The number of hydrogen-bond acceptors (Lipinski definition) is 4. The van der Waals surface area contributed by atoms with Gasteiger partial charge in [-0.2, -0.15) is 11.8 Å². The van der Waals surface area contributed by atoms with Crippen LogP contribution in [0.2, 0.25) is 0 Å². The van der Waals surface area contributed by atoms with Crippen molar-refractivity contribution in [1.82, 2.24) is 0 Å². The predicted octanol–water partition coefficient (Wildman–Crippen LogP) is 0.197. The van der Waals surface area contributed by atoms with Crippen molar-refractivity contribution < 1.29 is 14.6 Å². The molecule has 0 aliphatic heterocycles. The topological polar surface area (TPSA) is 72.6 Å². The molecule has 0 saturated carbocycles. The zero-order valence-corrected chi connectivity index (χ0v) is 7.10. The van der Waals surface area contributed by atoms with Crippen molar-refractivity contribution in [3.63, 3.8) is 0 Å². The third-order valence-electron chi connectivity index (χ3n) is 0.913. The fourth-order valence-corrected chi connectivity index (χ4v) is 1.16. The molecule has 0 aromatic rings. The third-order valence-corrected chi connectivity index (χ3v) is 1.96. The summed E-state index contributed by atoms with van der Waals surface area (Å²) in [7, 11) is 0. The number of primary amides is 1. The van der Waals surface area contributed by atoms with E-state index in [0.717, 1.165) is 17.9 Å². The van der Waals surface area contributed by atoms with Crippen molar-refractivity contribution in [3.05, 3.63) is 0 Å². The Morgan fingerprint density at radius 2 is 2.27 bits per heavy atom. The van der Waals surface area contributed by atoms with Crippen molar-refractivity contribution in [3.8, 4) is 0 Å². The van der Waals surface area contributed by atoms with Gasteiger partial charge in [0.25, 0.3) is 0 Å². The molecule has 11 heavy (non-hydrogen) atoms. The quantitative estimate of drug-likeness (QED) is 0.571. The molecule has 0 fully saturated rings. The molecule has 66 valence electrons. The molecule has 0 atom stereocenters. The first-order chi connectivity index (χ1) is 5.27. The molecule has 0 bridgehead atoms. The lowest BCUT2D eigenvalue weighted by molar-refractivity contribution is 0.157. The standard InChI is InChI=1S/C6H13NO3S/c7-6(9)10-3-1-4-11-5-2-8/h8H,1-5H2,(H2,7,9). The molecule has 0 aliphatic carbocycles. The highest BCUT2D eigenvalue weighted by molar-refractivity contribution is 7.99. The second kappa shape index (κ2) is 7.68. The Morgan fingerprint density at radius 3 is 2.82 bits per heavy atom. The van der Waals surface area contributed by atoms with Gasteiger partial charge in [0.1, 0.15) is 0 Å². The van der Waals surface area contributed by atoms with Crippen LogP contribution >= 0.6 is 11.8 Å². The van der Waals surface area contributed by atoms with E-state index in [1.165, 1.54) is 0 Å². The molecule has 0 radical (unpaired) electrons. The molecule has 0 heterocycles. The maximum Gasteiger partial charge on any atom is 0.404 e. The molecule has 4 nitrogen and oxygen atoms in total. The first-order valence-electron chi connectivity index (χ1n) is 3.38. The van der Waals surface area contributed by atoms with E-state index in [9.17, 15) is 4.79 Å². The number of aliphatic hydroxyl groups excluding tert-OH is 1. The Hall–Kier alpha value is -0.420. The van der Waals surface area contributed by atoms with E-state index in [2.05, 4.69) is 4.74 Å². The van der Waals surface area contributed by atoms with Crippen LogP contribution in [-0.4, -0.2) is 35.9 Å². The number of nitrogens with two attached hydrogens (primary N) is 1. The molecular formula is C6H13NO3S. The van der Waals surface area contributed by atoms with Crippen molar-refractivity contribution in [2.45, 2.75) is 6.42 Å². The average Bonchev–Trinajstić information content (AvgIpc) is 1.96. The summed E-state index contributed by atoms with van der Waals surface area (Å²) in [5.41, 5.74) is 4.73. The van der Waals surface area contributed by atoms with Crippen molar-refractivity contribution in [2.75, 3.05) is 24.7 Å². The van der Waals surface area contributed by atoms with E-state index in [1.807, 2.05) is 0 Å². The summed E-state index contributed by atoms with van der Waals surface area (Å²) in [5.74, 6) is 1.62. The van der Waals surface area contributed by atoms with Gasteiger partial charge in [-0.25, -0.2) is 4.79 Å². The number of carbonyl (C=O) groups is 1. The largest absolute Gasteiger partial charge is 0.450 e. The normalized spacial score (nSPS) is 9.55. The van der Waals surface area contributed by atoms with Crippen molar-refractivity contribution >= 4 is 17.9 Å². The van der Waals surface area contributed by atoms with Crippen LogP contribution in [0.1, 0.15) is 6.42 Å². The van der Waals surface area contributed by atoms with Crippen LogP contribution in [0.4, 0.5) is 4.79 Å². The lowest BCUT2D eigenvalue weighted by Crippen LogP contribution is -2.13. The molecule has 0 aromatic carbocycles. The molecule has 0 spiro atoms. The van der Waals surface area contributed by atoms with E-state index in [-0.39, 0.29) is 6.61 Å². The molecule has 0 unspecified atom stereocenters. The number of ether oxygens (including phenoxy) is 1. The van der Waals surface area contributed by atoms with Gasteiger partial charge >= 0.3 is 6.09 Å². The fraction of sp³-hybridized carbons (Fsp3) is 0.833. The maximum atomic E-state index is 10.0. The second-order valence-corrected chi connectivity index (χ2v) is 3.08. The van der Waals surface area contributed by atoms with Crippen LogP contribution in [0.5, 0.6) is 0 Å². The highest BCUT2D eigenvalue weighted by atomic mass is 32.2. The minimum atomic E-state index is -0.725. The van der Waals surface area contributed by atoms with E-state index >= 15 is 0 Å². The molecule has 1 amide bonds. The monoisotopic (exact) mass is 179 g/mol. The molecular weight excluding hydrogens is 166 g/mol. The van der Waals surface area contributed by atoms with Gasteiger partial charge in [0, 0.05) is 5.75 Å². The van der Waals surface area contributed by atoms with E-state index in [0.29, 0.717) is 6.61 Å². The van der Waals surface area contributed by atoms with Crippen LogP contribution in [0.25, 0.3) is 0 Å². The third kappa shape index (κ3) is 9.58. The second-order valence-electron chi connectivity index (χ2n) is 1.86. The number of amides is 1. The number of rotatable bonds is 6. The number of thioether (sulfide) groups is 1. The molecule has 0 aromatic heterocycles. The fourth-order valence-electron chi connectivity index (χ4n) is 0.500. The summed E-state index contributed by atoms with van der Waals surface area (Å²) in [6, 6.07) is 0. The Labute approximate surface area is 70.1 Å². The summed E-state index contributed by atoms with van der Waals surface area (Å²) in [6.45, 7) is 0.565. The van der Waals surface area contributed by atoms with E-state index < -0.39 is 6.09 Å². The zero-order valence-electron chi connectivity index (χ0n) is 6.28. The van der Waals surface area contributed by atoms with Gasteiger partial charge in [0.2, 0.25) is 0 Å². The van der Waals surface area contributed by atoms with Crippen molar-refractivity contribution in [2.24, 2.45) is 5.73 Å². The summed E-state index contributed by atoms with van der Waals surface area (Å²) in [4.78, 5) is 10.0. The Morgan fingerprint density at radius 1 is 1.55 bits per heavy atom. The molecule has 0 aliphatic rings. The molecule has 5 heteroatoms. The highest BCUT2D eigenvalue weighted by Gasteiger charge is 1.92. The maximum absolute atomic E-state index is 10.0. The van der Waals surface area contributed by atoms with Crippen LogP contribution in [0.3, 0.4) is 0 Å². The van der Waals surface area contributed by atoms with Gasteiger partial charge in [-0.05, 0) is 12.2 Å². The number of hydrogen-bond donors (Lipinski definition) is 2. The zero-order chi connectivity index (χ0) is 8.53. The highest BCUT2D eigenvalue weighted by Crippen LogP contribution is 2.00.